The second-order valence-corrected chi connectivity index (χ2v) is 4.09. The Bertz CT molecular complexity index is 258. The molecule has 0 spiro atoms. The Morgan fingerprint density at radius 2 is 1.89 bits per heavy atom. The number of rotatable bonds is 6. The van der Waals surface area contributed by atoms with E-state index >= 15 is 0 Å². The maximum atomic E-state index is 10.1. The van der Waals surface area contributed by atoms with Crippen molar-refractivity contribution >= 4 is 6.29 Å². The van der Waals surface area contributed by atoms with Crippen molar-refractivity contribution in [3.63, 3.8) is 0 Å². The van der Waals surface area contributed by atoms with Crippen molar-refractivity contribution in [1.82, 2.24) is 0 Å². The first-order valence-electron chi connectivity index (χ1n) is 5.55. The normalized spacial score (nSPS) is 38.4. The molecule has 1 aliphatic rings. The van der Waals surface area contributed by atoms with Gasteiger partial charge in [-0.1, -0.05) is 0 Å². The van der Waals surface area contributed by atoms with E-state index in [0.29, 0.717) is 6.29 Å². The third-order valence-corrected chi connectivity index (χ3v) is 2.67. The van der Waals surface area contributed by atoms with Crippen molar-refractivity contribution in [3.05, 3.63) is 0 Å². The molecule has 1 aliphatic heterocycles. The van der Waals surface area contributed by atoms with E-state index in [1.165, 1.54) is 0 Å². The van der Waals surface area contributed by atoms with Gasteiger partial charge in [-0.15, -0.1) is 0 Å². The summed E-state index contributed by atoms with van der Waals surface area (Å²) in [6, 6.07) is 0. The van der Waals surface area contributed by atoms with Crippen LogP contribution in [0.15, 0.2) is 0 Å². The summed E-state index contributed by atoms with van der Waals surface area (Å²) in [7, 11) is 0. The molecule has 0 saturated carbocycles. The van der Waals surface area contributed by atoms with Crippen molar-refractivity contribution < 1.29 is 39.8 Å². The minimum absolute atomic E-state index is 0.128. The van der Waals surface area contributed by atoms with E-state index in [9.17, 15) is 25.2 Å². The fraction of sp³-hybridized carbons (Fsp3) is 0.900. The lowest BCUT2D eigenvalue weighted by Gasteiger charge is -2.39. The van der Waals surface area contributed by atoms with Gasteiger partial charge in [-0.2, -0.15) is 0 Å². The molecule has 1 heterocycles. The molecule has 1 fully saturated rings. The van der Waals surface area contributed by atoms with E-state index in [4.69, 9.17) is 14.6 Å². The number of hydrogen-bond donors (Lipinski definition) is 5. The van der Waals surface area contributed by atoms with Crippen LogP contribution in [0, 0.1) is 0 Å². The lowest BCUT2D eigenvalue weighted by atomic mass is 9.99. The molecule has 8 heteroatoms. The van der Waals surface area contributed by atoms with Crippen LogP contribution in [0.25, 0.3) is 0 Å². The predicted molar refractivity (Wildman–Crippen MR) is 56.4 cm³/mol. The number of aldehydes is 1. The van der Waals surface area contributed by atoms with Gasteiger partial charge in [0.05, 0.1) is 19.3 Å². The standard InChI is InChI=1S/C10H18O8/c11-2-1-5(13)4-17-10-9(16)8(15)7(14)6(3-12)18-10/h2,5-10,12-16H,1,3-4H2/t5-,6+,7-,8-,9+,10+/m0/s1. The molecule has 0 aromatic carbocycles. The zero-order valence-corrected chi connectivity index (χ0v) is 9.62. The second kappa shape index (κ2) is 7.10. The number of carbonyl (C=O) groups excluding carboxylic acids is 1. The van der Waals surface area contributed by atoms with Crippen LogP contribution in [0.1, 0.15) is 6.42 Å². The van der Waals surface area contributed by atoms with Crippen LogP contribution in [0.3, 0.4) is 0 Å². The van der Waals surface area contributed by atoms with E-state index in [-0.39, 0.29) is 13.0 Å². The number of hydrogen-bond acceptors (Lipinski definition) is 8. The number of ether oxygens (including phenoxy) is 2. The van der Waals surface area contributed by atoms with Crippen LogP contribution in [-0.4, -0.2) is 81.8 Å². The molecule has 0 bridgehead atoms. The molecule has 0 aromatic rings. The molecule has 0 aliphatic carbocycles. The lowest BCUT2D eigenvalue weighted by molar-refractivity contribution is -0.304. The third-order valence-electron chi connectivity index (χ3n) is 2.67. The van der Waals surface area contributed by atoms with E-state index in [2.05, 4.69) is 0 Å². The first kappa shape index (κ1) is 15.4. The Morgan fingerprint density at radius 3 is 2.44 bits per heavy atom. The Kier molecular flexibility index (Phi) is 6.09. The van der Waals surface area contributed by atoms with Gasteiger partial charge in [0.2, 0.25) is 0 Å². The van der Waals surface area contributed by atoms with Gasteiger partial charge in [0.15, 0.2) is 6.29 Å². The van der Waals surface area contributed by atoms with E-state index in [1.54, 1.807) is 0 Å². The molecule has 6 atom stereocenters. The van der Waals surface area contributed by atoms with E-state index in [1.807, 2.05) is 0 Å². The molecule has 0 aromatic heterocycles. The Balaban J connectivity index is 2.51. The minimum atomic E-state index is -1.52. The average Bonchev–Trinajstić information content (AvgIpc) is 2.35. The minimum Gasteiger partial charge on any atom is -0.394 e. The predicted octanol–water partition coefficient (Wildman–Crippen LogP) is -3.25. The molecule has 5 N–H and O–H groups in total. The second-order valence-electron chi connectivity index (χ2n) is 4.09. The van der Waals surface area contributed by atoms with E-state index in [0.717, 1.165) is 0 Å². The molecule has 1 rings (SSSR count). The van der Waals surface area contributed by atoms with Gasteiger partial charge in [-0.25, -0.2) is 0 Å². The van der Waals surface area contributed by atoms with Crippen LogP contribution in [0.2, 0.25) is 0 Å². The van der Waals surface area contributed by atoms with Crippen LogP contribution in [0.4, 0.5) is 0 Å². The highest BCUT2D eigenvalue weighted by molar-refractivity contribution is 5.49. The Hall–Kier alpha value is -0.610. The summed E-state index contributed by atoms with van der Waals surface area (Å²) >= 11 is 0. The zero-order valence-electron chi connectivity index (χ0n) is 9.62. The van der Waals surface area contributed by atoms with Gasteiger partial charge in [0, 0.05) is 6.42 Å². The quantitative estimate of drug-likeness (QED) is 0.316. The first-order chi connectivity index (χ1) is 8.51. The summed E-state index contributed by atoms with van der Waals surface area (Å²) in [5.74, 6) is 0. The summed E-state index contributed by atoms with van der Waals surface area (Å²) in [6.45, 7) is -0.830. The summed E-state index contributed by atoms with van der Waals surface area (Å²) in [5, 5.41) is 46.7. The van der Waals surface area contributed by atoms with Crippen molar-refractivity contribution in [2.24, 2.45) is 0 Å². The maximum Gasteiger partial charge on any atom is 0.186 e. The van der Waals surface area contributed by atoms with Gasteiger partial charge >= 0.3 is 0 Å². The van der Waals surface area contributed by atoms with E-state index < -0.39 is 43.4 Å². The van der Waals surface area contributed by atoms with Crippen molar-refractivity contribution in [2.45, 2.75) is 43.2 Å². The summed E-state index contributed by atoms with van der Waals surface area (Å²) in [5.41, 5.74) is 0. The van der Waals surface area contributed by atoms with Crippen molar-refractivity contribution in [1.29, 1.82) is 0 Å². The largest absolute Gasteiger partial charge is 0.394 e. The van der Waals surface area contributed by atoms with Gasteiger partial charge < -0.3 is 39.8 Å². The number of aliphatic hydroxyl groups excluding tert-OH is 5. The molecular weight excluding hydrogens is 248 g/mol. The maximum absolute atomic E-state index is 10.1. The smallest absolute Gasteiger partial charge is 0.186 e. The highest BCUT2D eigenvalue weighted by Gasteiger charge is 2.44. The lowest BCUT2D eigenvalue weighted by Crippen LogP contribution is -2.59. The fourth-order valence-corrected chi connectivity index (χ4v) is 1.59. The Labute approximate surface area is 103 Å². The van der Waals surface area contributed by atoms with Crippen LogP contribution < -0.4 is 0 Å². The van der Waals surface area contributed by atoms with Crippen molar-refractivity contribution in [2.75, 3.05) is 13.2 Å². The third kappa shape index (κ3) is 3.69. The Morgan fingerprint density at radius 1 is 1.22 bits per heavy atom. The monoisotopic (exact) mass is 266 g/mol. The van der Waals surface area contributed by atoms with Crippen LogP contribution in [-0.2, 0) is 14.3 Å². The number of aliphatic hydroxyl groups is 5. The molecule has 106 valence electrons. The topological polar surface area (TPSA) is 137 Å². The highest BCUT2D eigenvalue weighted by atomic mass is 16.7. The molecule has 0 radical (unpaired) electrons. The molecule has 8 nitrogen and oxygen atoms in total. The van der Waals surface area contributed by atoms with Gasteiger partial charge in [-0.3, -0.25) is 0 Å². The first-order valence-corrected chi connectivity index (χ1v) is 5.55. The highest BCUT2D eigenvalue weighted by Crippen LogP contribution is 2.22. The molecule has 0 amide bonds. The van der Waals surface area contributed by atoms with Crippen LogP contribution in [0.5, 0.6) is 0 Å². The summed E-state index contributed by atoms with van der Waals surface area (Å²) in [4.78, 5) is 10.1. The van der Waals surface area contributed by atoms with Gasteiger partial charge in [0.25, 0.3) is 0 Å². The number of carbonyl (C=O) groups is 1. The van der Waals surface area contributed by atoms with Gasteiger partial charge in [-0.05, 0) is 0 Å². The van der Waals surface area contributed by atoms with Crippen molar-refractivity contribution in [3.8, 4) is 0 Å². The van der Waals surface area contributed by atoms with Gasteiger partial charge in [0.1, 0.15) is 30.7 Å². The molecular formula is C10H18O8. The molecule has 1 saturated heterocycles. The SMILES string of the molecule is O=CC[C@H](O)CO[C@@H]1O[C@H](CO)[C@H](O)[C@H](O)[C@H]1O. The summed E-state index contributed by atoms with van der Waals surface area (Å²) in [6.07, 6.45) is -7.49. The summed E-state index contributed by atoms with van der Waals surface area (Å²) < 4.78 is 10.0. The zero-order chi connectivity index (χ0) is 13.7. The fourth-order valence-electron chi connectivity index (χ4n) is 1.59. The van der Waals surface area contributed by atoms with Crippen LogP contribution >= 0.6 is 0 Å². The average molecular weight is 266 g/mol. The molecule has 0 unspecified atom stereocenters. The molecule has 18 heavy (non-hydrogen) atoms.